The molecule has 6 nitrogen and oxygen atoms in total. The summed E-state index contributed by atoms with van der Waals surface area (Å²) in [5.74, 6) is 0.316. The van der Waals surface area contributed by atoms with E-state index in [1.54, 1.807) is 12.4 Å². The van der Waals surface area contributed by atoms with E-state index in [0.29, 0.717) is 12.3 Å². The van der Waals surface area contributed by atoms with Gasteiger partial charge in [0.05, 0.1) is 24.6 Å². The molecule has 2 rings (SSSR count). The largest absolute Gasteiger partial charge is 0.433 e. The molecule has 16 heavy (non-hydrogen) atoms. The number of nitrogens with zero attached hydrogens (tertiary/aromatic N) is 3. The Labute approximate surface area is 91.7 Å². The van der Waals surface area contributed by atoms with Crippen LogP contribution < -0.4 is 0 Å². The molecule has 0 spiro atoms. The highest BCUT2D eigenvalue weighted by molar-refractivity contribution is 5.19. The summed E-state index contributed by atoms with van der Waals surface area (Å²) in [6, 6.07) is 2.96. The lowest BCUT2D eigenvalue weighted by Gasteiger charge is -2.01. The second kappa shape index (κ2) is 3.80. The first-order chi connectivity index (χ1) is 7.58. The van der Waals surface area contributed by atoms with Gasteiger partial charge in [0.2, 0.25) is 0 Å². The summed E-state index contributed by atoms with van der Waals surface area (Å²) >= 11 is 0. The number of imidazole rings is 1. The molecular weight excluding hydrogens is 210 g/mol. The zero-order valence-electron chi connectivity index (χ0n) is 9.01. The minimum Gasteiger partial charge on any atom is -0.404 e. The maximum atomic E-state index is 10.4. The molecule has 0 N–H and O–H groups in total. The number of hydrogen-bond donors (Lipinski definition) is 0. The van der Waals surface area contributed by atoms with Gasteiger partial charge >= 0.3 is 5.88 Å². The van der Waals surface area contributed by atoms with E-state index in [1.165, 1.54) is 6.07 Å². The van der Waals surface area contributed by atoms with Gasteiger partial charge in [-0.15, -0.1) is 0 Å². The van der Waals surface area contributed by atoms with Crippen molar-refractivity contribution in [3.63, 3.8) is 0 Å². The van der Waals surface area contributed by atoms with E-state index in [4.69, 9.17) is 4.42 Å². The van der Waals surface area contributed by atoms with E-state index in [2.05, 4.69) is 4.98 Å². The Kier molecular flexibility index (Phi) is 2.47. The van der Waals surface area contributed by atoms with Crippen molar-refractivity contribution in [3.8, 4) is 0 Å². The molecule has 0 unspecified atom stereocenters. The van der Waals surface area contributed by atoms with Gasteiger partial charge in [-0.1, -0.05) is 0 Å². The first-order valence-electron chi connectivity index (χ1n) is 4.79. The number of furan rings is 1. The van der Waals surface area contributed by atoms with Gasteiger partial charge in [-0.05, 0) is 19.9 Å². The molecule has 0 radical (unpaired) electrons. The van der Waals surface area contributed by atoms with Gasteiger partial charge in [-0.2, -0.15) is 0 Å². The van der Waals surface area contributed by atoms with E-state index < -0.39 is 4.92 Å². The lowest BCUT2D eigenvalue weighted by molar-refractivity contribution is -0.402. The fraction of sp³-hybridized carbons (Fsp3) is 0.300. The molecule has 2 aromatic rings. The van der Waals surface area contributed by atoms with Crippen molar-refractivity contribution in [2.24, 2.45) is 0 Å². The van der Waals surface area contributed by atoms with Gasteiger partial charge in [0.15, 0.2) is 0 Å². The minimum atomic E-state index is -0.546. The summed E-state index contributed by atoms with van der Waals surface area (Å²) in [5, 5.41) is 10.4. The van der Waals surface area contributed by atoms with Crippen molar-refractivity contribution in [3.05, 3.63) is 45.7 Å². The quantitative estimate of drug-likeness (QED) is 0.587. The van der Waals surface area contributed by atoms with Gasteiger partial charge in [0.1, 0.15) is 10.7 Å². The van der Waals surface area contributed by atoms with Crippen molar-refractivity contribution >= 4 is 5.88 Å². The molecule has 0 amide bonds. The van der Waals surface area contributed by atoms with Crippen LogP contribution in [-0.4, -0.2) is 14.5 Å². The van der Waals surface area contributed by atoms with Gasteiger partial charge < -0.3 is 8.98 Å². The zero-order valence-corrected chi connectivity index (χ0v) is 9.01. The lowest BCUT2D eigenvalue weighted by atomic mass is 10.3. The SMILES string of the molecule is Cc1ncn(Cc2ccc([N+](=O)[O-])o2)c1C. The van der Waals surface area contributed by atoms with Gasteiger partial charge in [0.25, 0.3) is 0 Å². The first kappa shape index (κ1) is 10.4. The predicted octanol–water partition coefficient (Wildman–Crippen LogP) is 2.05. The Morgan fingerprint density at radius 3 is 2.75 bits per heavy atom. The topological polar surface area (TPSA) is 74.1 Å². The molecule has 0 aliphatic carbocycles. The monoisotopic (exact) mass is 221 g/mol. The molecule has 0 atom stereocenters. The Balaban J connectivity index is 2.21. The molecule has 0 bridgehead atoms. The minimum absolute atomic E-state index is 0.232. The summed E-state index contributed by atoms with van der Waals surface area (Å²) in [5.41, 5.74) is 1.97. The fourth-order valence-electron chi connectivity index (χ4n) is 1.42. The Bertz CT molecular complexity index is 527. The van der Waals surface area contributed by atoms with E-state index in [9.17, 15) is 10.1 Å². The van der Waals surface area contributed by atoms with Crippen molar-refractivity contribution in [2.45, 2.75) is 20.4 Å². The first-order valence-corrected chi connectivity index (χ1v) is 4.79. The average Bonchev–Trinajstić information content (AvgIpc) is 2.81. The number of aryl methyl sites for hydroxylation is 1. The van der Waals surface area contributed by atoms with Gasteiger partial charge in [-0.3, -0.25) is 10.1 Å². The van der Waals surface area contributed by atoms with E-state index in [-0.39, 0.29) is 5.88 Å². The third kappa shape index (κ3) is 1.81. The van der Waals surface area contributed by atoms with E-state index >= 15 is 0 Å². The summed E-state index contributed by atoms with van der Waals surface area (Å²) < 4.78 is 6.95. The second-order valence-electron chi connectivity index (χ2n) is 3.54. The maximum Gasteiger partial charge on any atom is 0.433 e. The Morgan fingerprint density at radius 2 is 2.25 bits per heavy atom. The van der Waals surface area contributed by atoms with Crippen LogP contribution in [0.4, 0.5) is 5.88 Å². The van der Waals surface area contributed by atoms with Crippen LogP contribution in [0.1, 0.15) is 17.1 Å². The van der Waals surface area contributed by atoms with Crippen LogP contribution in [0.5, 0.6) is 0 Å². The smallest absolute Gasteiger partial charge is 0.404 e. The molecular formula is C10H11N3O3. The average molecular weight is 221 g/mol. The highest BCUT2D eigenvalue weighted by atomic mass is 16.6. The fourth-order valence-corrected chi connectivity index (χ4v) is 1.42. The normalized spacial score (nSPS) is 10.6. The zero-order chi connectivity index (χ0) is 11.7. The standard InChI is InChI=1S/C10H11N3O3/c1-7-8(2)12(6-11-7)5-9-3-4-10(16-9)13(14)15/h3-4,6H,5H2,1-2H3. The van der Waals surface area contributed by atoms with Crippen molar-refractivity contribution in [1.29, 1.82) is 0 Å². The van der Waals surface area contributed by atoms with Crippen LogP contribution in [0.15, 0.2) is 22.9 Å². The predicted molar refractivity (Wildman–Crippen MR) is 56.2 cm³/mol. The van der Waals surface area contributed by atoms with Crippen LogP contribution in [0, 0.1) is 24.0 Å². The number of aromatic nitrogens is 2. The van der Waals surface area contributed by atoms with Crippen molar-refractivity contribution in [2.75, 3.05) is 0 Å². The highest BCUT2D eigenvalue weighted by Gasteiger charge is 2.12. The summed E-state index contributed by atoms with van der Waals surface area (Å²) in [7, 11) is 0. The van der Waals surface area contributed by atoms with Crippen LogP contribution >= 0.6 is 0 Å². The third-order valence-corrected chi connectivity index (χ3v) is 2.50. The Morgan fingerprint density at radius 1 is 1.50 bits per heavy atom. The van der Waals surface area contributed by atoms with Gasteiger partial charge in [0, 0.05) is 5.69 Å². The molecule has 0 fully saturated rings. The number of rotatable bonds is 3. The second-order valence-corrected chi connectivity index (χ2v) is 3.54. The van der Waals surface area contributed by atoms with Crippen molar-refractivity contribution < 1.29 is 9.34 Å². The highest BCUT2D eigenvalue weighted by Crippen LogP contribution is 2.17. The molecule has 6 heteroatoms. The molecule has 0 saturated heterocycles. The summed E-state index contributed by atoms with van der Waals surface area (Å²) in [6.45, 7) is 4.32. The summed E-state index contributed by atoms with van der Waals surface area (Å²) in [4.78, 5) is 14.0. The third-order valence-electron chi connectivity index (χ3n) is 2.50. The Hall–Kier alpha value is -2.11. The van der Waals surface area contributed by atoms with Crippen molar-refractivity contribution in [1.82, 2.24) is 9.55 Å². The van der Waals surface area contributed by atoms with E-state index in [1.807, 2.05) is 18.4 Å². The van der Waals surface area contributed by atoms with E-state index in [0.717, 1.165) is 11.4 Å². The maximum absolute atomic E-state index is 10.4. The molecule has 2 aromatic heterocycles. The van der Waals surface area contributed by atoms with Crippen LogP contribution in [-0.2, 0) is 6.54 Å². The molecule has 0 aliphatic rings. The van der Waals surface area contributed by atoms with Gasteiger partial charge in [-0.25, -0.2) is 4.98 Å². The van der Waals surface area contributed by atoms with Crippen LogP contribution in [0.25, 0.3) is 0 Å². The molecule has 84 valence electrons. The molecule has 0 aliphatic heterocycles. The lowest BCUT2D eigenvalue weighted by Crippen LogP contribution is -1.99. The number of hydrogen-bond acceptors (Lipinski definition) is 4. The molecule has 2 heterocycles. The van der Waals surface area contributed by atoms with Crippen LogP contribution in [0.2, 0.25) is 0 Å². The number of nitro groups is 1. The van der Waals surface area contributed by atoms with Crippen LogP contribution in [0.3, 0.4) is 0 Å². The molecule has 0 aromatic carbocycles. The molecule has 0 saturated carbocycles. The summed E-state index contributed by atoms with van der Waals surface area (Å²) in [6.07, 6.45) is 1.69.